The third-order valence-electron chi connectivity index (χ3n) is 5.64. The summed E-state index contributed by atoms with van der Waals surface area (Å²) in [5.41, 5.74) is 4.05. The topological polar surface area (TPSA) is 73.2 Å². The summed E-state index contributed by atoms with van der Waals surface area (Å²) < 4.78 is 28.2. The Kier molecular flexibility index (Phi) is 4.81. The largest absolute Gasteiger partial charge is 0.358 e. The fraction of sp³-hybridized carbons (Fsp3) is 0.333. The molecule has 0 radical (unpaired) electrons. The zero-order valence-electron chi connectivity index (χ0n) is 16.1. The average molecular weight is 399 g/mol. The molecule has 0 bridgehead atoms. The zero-order valence-corrected chi connectivity index (χ0v) is 16.9. The summed E-state index contributed by atoms with van der Waals surface area (Å²) in [5.74, 6) is 0.346. The average Bonchev–Trinajstić information content (AvgIpc) is 3.04. The number of rotatable bonds is 4. The molecule has 2 aromatic carbocycles. The van der Waals surface area contributed by atoms with Crippen molar-refractivity contribution in [3.05, 3.63) is 64.7 Å². The molecule has 1 aromatic heterocycles. The van der Waals surface area contributed by atoms with Gasteiger partial charge in [-0.1, -0.05) is 18.2 Å². The highest BCUT2D eigenvalue weighted by atomic mass is 32.2. The molecule has 7 heteroatoms. The van der Waals surface area contributed by atoms with E-state index in [4.69, 9.17) is 0 Å². The number of nitrogens with one attached hydrogen (secondary N) is 1. The predicted octanol–water partition coefficient (Wildman–Crippen LogP) is 4.08. The lowest BCUT2D eigenvalue weighted by Gasteiger charge is -2.31. The van der Waals surface area contributed by atoms with Gasteiger partial charge in [-0.05, 0) is 49.4 Å². The van der Waals surface area contributed by atoms with Gasteiger partial charge in [0.1, 0.15) is 0 Å². The molecule has 4 rings (SSSR count). The van der Waals surface area contributed by atoms with Crippen molar-refractivity contribution < 1.29 is 13.2 Å². The molecule has 0 amide bonds. The smallest absolute Gasteiger partial charge is 0.255 e. The SMILES string of the molecule is Cc1[nH]c2ccccc2c1C1CCN(S(=O)(=O)c2ccc([N+](C)=O)cc2)CC1. The summed E-state index contributed by atoms with van der Waals surface area (Å²) in [7, 11) is -2.15. The van der Waals surface area contributed by atoms with Crippen LogP contribution in [0.15, 0.2) is 53.4 Å². The van der Waals surface area contributed by atoms with Crippen LogP contribution in [0, 0.1) is 11.8 Å². The molecule has 1 aliphatic heterocycles. The molecule has 146 valence electrons. The molecule has 0 saturated carbocycles. The number of aromatic nitrogens is 1. The Hall–Kier alpha value is -2.51. The first kappa shape index (κ1) is 18.8. The number of piperidine rings is 1. The van der Waals surface area contributed by atoms with Gasteiger partial charge >= 0.3 is 0 Å². The highest BCUT2D eigenvalue weighted by Crippen LogP contribution is 2.36. The van der Waals surface area contributed by atoms with E-state index in [2.05, 4.69) is 24.0 Å². The van der Waals surface area contributed by atoms with Crippen molar-refractivity contribution in [2.24, 2.45) is 0 Å². The zero-order chi connectivity index (χ0) is 19.9. The van der Waals surface area contributed by atoms with Gasteiger partial charge in [-0.15, -0.1) is 0 Å². The van der Waals surface area contributed by atoms with Crippen molar-refractivity contribution in [2.75, 3.05) is 20.1 Å². The van der Waals surface area contributed by atoms with Crippen LogP contribution in [0.5, 0.6) is 0 Å². The number of para-hydroxylation sites is 1. The van der Waals surface area contributed by atoms with E-state index in [1.165, 1.54) is 35.8 Å². The number of fused-ring (bicyclic) bond motifs is 1. The minimum atomic E-state index is -3.54. The molecular formula is C21H24N3O3S+. The fourth-order valence-electron chi connectivity index (χ4n) is 4.19. The van der Waals surface area contributed by atoms with Crippen LogP contribution in [-0.4, -0.2) is 42.6 Å². The lowest BCUT2D eigenvalue weighted by molar-refractivity contribution is -0.428. The van der Waals surface area contributed by atoms with Crippen molar-refractivity contribution in [1.82, 2.24) is 9.29 Å². The third kappa shape index (κ3) is 3.25. The van der Waals surface area contributed by atoms with Crippen LogP contribution < -0.4 is 0 Å². The number of benzene rings is 2. The van der Waals surface area contributed by atoms with Gasteiger partial charge in [0.15, 0.2) is 7.05 Å². The maximum atomic E-state index is 13.0. The van der Waals surface area contributed by atoms with Crippen LogP contribution in [0.4, 0.5) is 5.69 Å². The Morgan fingerprint density at radius 2 is 1.68 bits per heavy atom. The molecule has 1 aliphatic rings. The standard InChI is InChI=1S/C21H24N3O3S/c1-15-21(19-5-3-4-6-20(19)22-15)16-11-13-24(14-12-16)28(26,27)18-9-7-17(8-10-18)23(2)25/h3-10,16,22H,11-14H2,1-2H3/q+1. The first-order valence-corrected chi connectivity index (χ1v) is 10.9. The van der Waals surface area contributed by atoms with Crippen LogP contribution in [0.1, 0.15) is 30.0 Å². The second-order valence-electron chi connectivity index (χ2n) is 7.38. The van der Waals surface area contributed by atoms with Gasteiger partial charge in [0.25, 0.3) is 5.69 Å². The number of aryl methyl sites for hydroxylation is 1. The molecule has 0 atom stereocenters. The quantitative estimate of drug-likeness (QED) is 0.673. The van der Waals surface area contributed by atoms with Gasteiger partial charge in [-0.25, -0.2) is 8.42 Å². The summed E-state index contributed by atoms with van der Waals surface area (Å²) in [6, 6.07) is 14.4. The van der Waals surface area contributed by atoms with Crippen LogP contribution in [0.3, 0.4) is 0 Å². The number of hydrogen-bond donors (Lipinski definition) is 1. The van der Waals surface area contributed by atoms with E-state index in [0.717, 1.165) is 18.4 Å². The predicted molar refractivity (Wildman–Crippen MR) is 109 cm³/mol. The Morgan fingerprint density at radius 3 is 2.32 bits per heavy atom. The Balaban J connectivity index is 1.53. The van der Waals surface area contributed by atoms with Gasteiger partial charge in [-0.2, -0.15) is 4.31 Å². The van der Waals surface area contributed by atoms with Crippen LogP contribution in [0.2, 0.25) is 0 Å². The lowest BCUT2D eigenvalue weighted by Crippen LogP contribution is -2.37. The number of sulfonamides is 1. The number of nitroso groups, excluding NO2 is 1. The van der Waals surface area contributed by atoms with Gasteiger partial charge < -0.3 is 4.98 Å². The summed E-state index contributed by atoms with van der Waals surface area (Å²) in [4.78, 5) is 15.0. The van der Waals surface area contributed by atoms with E-state index >= 15 is 0 Å². The number of aromatic amines is 1. The van der Waals surface area contributed by atoms with E-state index in [1.54, 1.807) is 16.4 Å². The summed E-state index contributed by atoms with van der Waals surface area (Å²) in [6.07, 6.45) is 1.59. The van der Waals surface area contributed by atoms with Gasteiger partial charge in [0, 0.05) is 51.5 Å². The summed E-state index contributed by atoms with van der Waals surface area (Å²) in [6.45, 7) is 3.08. The molecule has 1 fully saturated rings. The highest BCUT2D eigenvalue weighted by molar-refractivity contribution is 7.89. The summed E-state index contributed by atoms with van der Waals surface area (Å²) in [5, 5.41) is 1.23. The van der Waals surface area contributed by atoms with Crippen molar-refractivity contribution in [1.29, 1.82) is 0 Å². The van der Waals surface area contributed by atoms with Gasteiger partial charge in [-0.3, -0.25) is 0 Å². The number of hydrogen-bond acceptors (Lipinski definition) is 3. The molecule has 2 heterocycles. The van der Waals surface area contributed by atoms with Crippen LogP contribution in [0.25, 0.3) is 10.9 Å². The van der Waals surface area contributed by atoms with E-state index in [1.807, 2.05) is 12.1 Å². The second kappa shape index (κ2) is 7.14. The summed E-state index contributed by atoms with van der Waals surface area (Å²) >= 11 is 0. The maximum absolute atomic E-state index is 13.0. The van der Waals surface area contributed by atoms with Crippen molar-refractivity contribution in [3.63, 3.8) is 0 Å². The molecule has 6 nitrogen and oxygen atoms in total. The Bertz CT molecular complexity index is 1130. The Labute approximate surface area is 164 Å². The number of H-pyrrole nitrogens is 1. The molecule has 1 saturated heterocycles. The third-order valence-corrected chi connectivity index (χ3v) is 7.56. The molecular weight excluding hydrogens is 374 g/mol. The van der Waals surface area contributed by atoms with Crippen molar-refractivity contribution in [3.8, 4) is 0 Å². The van der Waals surface area contributed by atoms with Gasteiger partial charge in [0.05, 0.1) is 4.90 Å². The van der Waals surface area contributed by atoms with Gasteiger partial charge in [0.2, 0.25) is 10.0 Å². The van der Waals surface area contributed by atoms with E-state index in [0.29, 0.717) is 29.5 Å². The second-order valence-corrected chi connectivity index (χ2v) is 9.32. The van der Waals surface area contributed by atoms with E-state index in [-0.39, 0.29) is 4.90 Å². The van der Waals surface area contributed by atoms with Crippen LogP contribution >= 0.6 is 0 Å². The Morgan fingerprint density at radius 1 is 1.04 bits per heavy atom. The van der Waals surface area contributed by atoms with Crippen molar-refractivity contribution >= 4 is 26.6 Å². The molecule has 28 heavy (non-hydrogen) atoms. The first-order valence-electron chi connectivity index (χ1n) is 9.46. The first-order chi connectivity index (χ1) is 13.4. The lowest BCUT2D eigenvalue weighted by atomic mass is 9.88. The monoisotopic (exact) mass is 398 g/mol. The van der Waals surface area contributed by atoms with E-state index in [9.17, 15) is 13.3 Å². The molecule has 3 aromatic rings. The highest BCUT2D eigenvalue weighted by Gasteiger charge is 2.31. The molecule has 1 N–H and O–H groups in total. The molecule has 0 aliphatic carbocycles. The molecule has 0 unspecified atom stereocenters. The van der Waals surface area contributed by atoms with Crippen molar-refractivity contribution in [2.45, 2.75) is 30.6 Å². The minimum absolute atomic E-state index is 0.236. The minimum Gasteiger partial charge on any atom is -0.358 e. The van der Waals surface area contributed by atoms with E-state index < -0.39 is 10.0 Å². The molecule has 0 spiro atoms. The fourth-order valence-corrected chi connectivity index (χ4v) is 5.66. The number of nitrogens with zero attached hydrogens (tertiary/aromatic N) is 2. The normalized spacial score (nSPS) is 16.5. The van der Waals surface area contributed by atoms with Crippen LogP contribution in [-0.2, 0) is 10.0 Å². The maximum Gasteiger partial charge on any atom is 0.255 e.